The van der Waals surface area contributed by atoms with Gasteiger partial charge in [-0.15, -0.1) is 0 Å². The van der Waals surface area contributed by atoms with E-state index in [1.807, 2.05) is 37.3 Å². The van der Waals surface area contributed by atoms with Crippen molar-refractivity contribution >= 4 is 10.8 Å². The first-order valence-corrected chi connectivity index (χ1v) is 6.03. The van der Waals surface area contributed by atoms with E-state index in [4.69, 9.17) is 4.52 Å². The lowest BCUT2D eigenvalue weighted by Crippen LogP contribution is -1.90. The molecule has 2 aromatic rings. The molecular formula is C11H11NO2S. The molecule has 0 N–H and O–H groups in total. The van der Waals surface area contributed by atoms with Crippen LogP contribution >= 0.6 is 0 Å². The van der Waals surface area contributed by atoms with Gasteiger partial charge in [-0.3, -0.25) is 4.21 Å². The summed E-state index contributed by atoms with van der Waals surface area (Å²) in [5.41, 5.74) is 1.70. The lowest BCUT2D eigenvalue weighted by molar-refractivity contribution is 0.347. The van der Waals surface area contributed by atoms with E-state index in [2.05, 4.69) is 5.16 Å². The minimum absolute atomic E-state index is 0.441. The Morgan fingerprint density at radius 2 is 2.07 bits per heavy atom. The Bertz CT molecular complexity index is 464. The van der Waals surface area contributed by atoms with E-state index < -0.39 is 10.8 Å². The van der Waals surface area contributed by atoms with Crippen molar-refractivity contribution < 1.29 is 8.73 Å². The summed E-state index contributed by atoms with van der Waals surface area (Å²) in [6.07, 6.45) is 0. The van der Waals surface area contributed by atoms with Gasteiger partial charge < -0.3 is 4.52 Å². The highest BCUT2D eigenvalue weighted by atomic mass is 32.2. The second kappa shape index (κ2) is 4.40. The van der Waals surface area contributed by atoms with E-state index in [1.165, 1.54) is 0 Å². The van der Waals surface area contributed by atoms with Gasteiger partial charge in [0.25, 0.3) is 0 Å². The lowest BCUT2D eigenvalue weighted by atomic mass is 10.2. The van der Waals surface area contributed by atoms with Crippen LogP contribution in [0.15, 0.2) is 46.0 Å². The fourth-order valence-corrected chi connectivity index (χ4v) is 1.90. The van der Waals surface area contributed by atoms with Gasteiger partial charge in [-0.25, -0.2) is 0 Å². The van der Waals surface area contributed by atoms with E-state index in [-0.39, 0.29) is 0 Å². The Morgan fingerprint density at radius 1 is 1.33 bits per heavy atom. The molecule has 0 saturated carbocycles. The molecule has 15 heavy (non-hydrogen) atoms. The van der Waals surface area contributed by atoms with Crippen LogP contribution in [0.2, 0.25) is 0 Å². The van der Waals surface area contributed by atoms with Crippen molar-refractivity contribution in [2.45, 2.75) is 12.0 Å². The number of rotatable bonds is 3. The highest BCUT2D eigenvalue weighted by molar-refractivity contribution is 7.84. The standard InChI is InChI=1S/C11H11NO2S/c1-2-15(13)11-8-10(12-14-11)9-6-4-3-5-7-9/h3-8H,2H2,1H3. The molecule has 0 aliphatic heterocycles. The second-order valence-electron chi connectivity index (χ2n) is 3.03. The van der Waals surface area contributed by atoms with Crippen molar-refractivity contribution in [3.63, 3.8) is 0 Å². The molecule has 2 rings (SSSR count). The molecule has 1 aromatic heterocycles. The molecule has 1 atom stereocenters. The lowest BCUT2D eigenvalue weighted by Gasteiger charge is -1.91. The Hall–Kier alpha value is -1.42. The number of hydrogen-bond acceptors (Lipinski definition) is 3. The molecule has 0 aliphatic rings. The molecule has 1 aromatic carbocycles. The molecular weight excluding hydrogens is 210 g/mol. The average molecular weight is 221 g/mol. The van der Waals surface area contributed by atoms with E-state index in [9.17, 15) is 4.21 Å². The van der Waals surface area contributed by atoms with Gasteiger partial charge >= 0.3 is 0 Å². The molecule has 1 heterocycles. The smallest absolute Gasteiger partial charge is 0.223 e. The van der Waals surface area contributed by atoms with Crippen molar-refractivity contribution in [3.8, 4) is 11.3 Å². The Kier molecular flexibility index (Phi) is 2.97. The van der Waals surface area contributed by atoms with Crippen LogP contribution in [0.1, 0.15) is 6.92 Å². The third-order valence-corrected chi connectivity index (χ3v) is 3.21. The number of nitrogens with zero attached hydrogens (tertiary/aromatic N) is 1. The monoisotopic (exact) mass is 221 g/mol. The van der Waals surface area contributed by atoms with E-state index in [0.29, 0.717) is 10.8 Å². The van der Waals surface area contributed by atoms with E-state index >= 15 is 0 Å². The summed E-state index contributed by atoms with van der Waals surface area (Å²) in [6, 6.07) is 11.4. The first kappa shape index (κ1) is 10.1. The first-order chi connectivity index (χ1) is 7.31. The summed E-state index contributed by atoms with van der Waals surface area (Å²) < 4.78 is 16.5. The van der Waals surface area contributed by atoms with Crippen LogP contribution in [0.25, 0.3) is 11.3 Å². The molecule has 0 radical (unpaired) electrons. The van der Waals surface area contributed by atoms with Gasteiger partial charge in [-0.05, 0) is 0 Å². The van der Waals surface area contributed by atoms with Gasteiger partial charge in [-0.2, -0.15) is 0 Å². The van der Waals surface area contributed by atoms with Crippen LogP contribution in [0.3, 0.4) is 0 Å². The van der Waals surface area contributed by atoms with Crippen LogP contribution in [0.4, 0.5) is 0 Å². The summed E-state index contributed by atoms with van der Waals surface area (Å²) >= 11 is 0. The van der Waals surface area contributed by atoms with Gasteiger partial charge in [0.1, 0.15) is 5.69 Å². The van der Waals surface area contributed by atoms with Crippen LogP contribution in [-0.4, -0.2) is 15.1 Å². The van der Waals surface area contributed by atoms with Crippen molar-refractivity contribution in [3.05, 3.63) is 36.4 Å². The molecule has 0 bridgehead atoms. The SMILES string of the molecule is CCS(=O)c1cc(-c2ccccc2)no1. The van der Waals surface area contributed by atoms with Crippen LogP contribution in [0, 0.1) is 0 Å². The van der Waals surface area contributed by atoms with Gasteiger partial charge in [-0.1, -0.05) is 42.4 Å². The molecule has 4 heteroatoms. The molecule has 0 saturated heterocycles. The molecule has 3 nitrogen and oxygen atoms in total. The molecule has 1 unspecified atom stereocenters. The van der Waals surface area contributed by atoms with E-state index in [0.717, 1.165) is 11.3 Å². The quantitative estimate of drug-likeness (QED) is 0.799. The maximum Gasteiger partial charge on any atom is 0.223 e. The fraction of sp³-hybridized carbons (Fsp3) is 0.182. The average Bonchev–Trinajstić information content (AvgIpc) is 2.78. The highest BCUT2D eigenvalue weighted by Crippen LogP contribution is 2.20. The first-order valence-electron chi connectivity index (χ1n) is 4.71. The molecule has 0 fully saturated rings. The zero-order chi connectivity index (χ0) is 10.7. The Balaban J connectivity index is 2.32. The van der Waals surface area contributed by atoms with Gasteiger partial charge in [0, 0.05) is 17.4 Å². The number of aromatic nitrogens is 1. The van der Waals surface area contributed by atoms with Gasteiger partial charge in [0.15, 0.2) is 0 Å². The third kappa shape index (κ3) is 2.15. The zero-order valence-electron chi connectivity index (χ0n) is 8.34. The van der Waals surface area contributed by atoms with Crippen molar-refractivity contribution in [1.82, 2.24) is 5.16 Å². The second-order valence-corrected chi connectivity index (χ2v) is 4.70. The molecule has 78 valence electrons. The van der Waals surface area contributed by atoms with Crippen molar-refractivity contribution in [2.24, 2.45) is 0 Å². The highest BCUT2D eigenvalue weighted by Gasteiger charge is 2.10. The summed E-state index contributed by atoms with van der Waals surface area (Å²) in [5.74, 6) is 0.545. The number of benzene rings is 1. The normalized spacial score (nSPS) is 12.6. The zero-order valence-corrected chi connectivity index (χ0v) is 9.16. The predicted molar refractivity (Wildman–Crippen MR) is 58.9 cm³/mol. The molecule has 0 amide bonds. The summed E-state index contributed by atoms with van der Waals surface area (Å²) in [7, 11) is -1.07. The summed E-state index contributed by atoms with van der Waals surface area (Å²) in [6.45, 7) is 1.85. The Labute approximate surface area is 90.6 Å². The van der Waals surface area contributed by atoms with Gasteiger partial charge in [0.05, 0.1) is 10.8 Å². The van der Waals surface area contributed by atoms with Crippen LogP contribution < -0.4 is 0 Å². The number of hydrogen-bond donors (Lipinski definition) is 0. The maximum atomic E-state index is 11.4. The van der Waals surface area contributed by atoms with E-state index in [1.54, 1.807) is 6.07 Å². The topological polar surface area (TPSA) is 43.1 Å². The summed E-state index contributed by atoms with van der Waals surface area (Å²) in [4.78, 5) is 0. The fourth-order valence-electron chi connectivity index (χ4n) is 1.25. The van der Waals surface area contributed by atoms with Crippen molar-refractivity contribution in [1.29, 1.82) is 0 Å². The van der Waals surface area contributed by atoms with Gasteiger partial charge in [0.2, 0.25) is 5.09 Å². The maximum absolute atomic E-state index is 11.4. The minimum atomic E-state index is -1.07. The molecule has 0 aliphatic carbocycles. The van der Waals surface area contributed by atoms with Crippen LogP contribution in [0.5, 0.6) is 0 Å². The van der Waals surface area contributed by atoms with Crippen molar-refractivity contribution in [2.75, 3.05) is 5.75 Å². The molecule has 0 spiro atoms. The minimum Gasteiger partial charge on any atom is -0.347 e. The Morgan fingerprint density at radius 3 is 2.73 bits per heavy atom. The summed E-state index contributed by atoms with van der Waals surface area (Å²) in [5, 5.41) is 4.33. The third-order valence-electron chi connectivity index (χ3n) is 2.04. The van der Waals surface area contributed by atoms with Crippen LogP contribution in [-0.2, 0) is 10.8 Å². The largest absolute Gasteiger partial charge is 0.347 e. The predicted octanol–water partition coefficient (Wildman–Crippen LogP) is 2.47.